The van der Waals surface area contributed by atoms with E-state index in [1.54, 1.807) is 24.3 Å². The summed E-state index contributed by atoms with van der Waals surface area (Å²) in [5, 5.41) is 13.4. The minimum atomic E-state index is -3.87. The molecule has 0 aliphatic carbocycles. The minimum Gasteiger partial charge on any atom is -0.480 e. The molecule has 1 aliphatic heterocycles. The van der Waals surface area contributed by atoms with Crippen molar-refractivity contribution in [2.24, 2.45) is 5.14 Å². The predicted molar refractivity (Wildman–Crippen MR) is 82.5 cm³/mol. The van der Waals surface area contributed by atoms with Crippen molar-refractivity contribution in [1.82, 2.24) is 4.90 Å². The highest BCUT2D eigenvalue weighted by Gasteiger charge is 2.41. The van der Waals surface area contributed by atoms with Crippen LogP contribution in [0.4, 0.5) is 0 Å². The van der Waals surface area contributed by atoms with Crippen LogP contribution in [-0.4, -0.2) is 48.1 Å². The van der Waals surface area contributed by atoms with E-state index in [1.165, 1.54) is 0 Å². The van der Waals surface area contributed by atoms with Crippen LogP contribution in [0.3, 0.4) is 0 Å². The van der Waals surface area contributed by atoms with E-state index in [2.05, 4.69) is 15.9 Å². The van der Waals surface area contributed by atoms with E-state index in [-0.39, 0.29) is 19.4 Å². The Bertz CT molecular complexity index is 706. The Morgan fingerprint density at radius 1 is 1.50 bits per heavy atom. The lowest BCUT2D eigenvalue weighted by Gasteiger charge is -2.24. The van der Waals surface area contributed by atoms with Gasteiger partial charge < -0.3 is 10.0 Å². The summed E-state index contributed by atoms with van der Waals surface area (Å²) in [5.41, 5.74) is 0.730. The van der Waals surface area contributed by atoms with Gasteiger partial charge in [0.2, 0.25) is 15.9 Å². The highest BCUT2D eigenvalue weighted by Crippen LogP contribution is 2.22. The summed E-state index contributed by atoms with van der Waals surface area (Å²) < 4.78 is 23.5. The molecule has 0 radical (unpaired) electrons. The molecule has 1 fully saturated rings. The summed E-state index contributed by atoms with van der Waals surface area (Å²) in [5.74, 6) is -1.69. The second-order valence-electron chi connectivity index (χ2n) is 5.15. The second-order valence-corrected chi connectivity index (χ2v) is 7.91. The van der Waals surface area contributed by atoms with Gasteiger partial charge in [-0.25, -0.2) is 18.4 Å². The fourth-order valence-corrected chi connectivity index (χ4v) is 3.63. The minimum absolute atomic E-state index is 0.0951. The van der Waals surface area contributed by atoms with Crippen molar-refractivity contribution in [3.05, 3.63) is 34.3 Å². The molecule has 2 rings (SSSR count). The van der Waals surface area contributed by atoms with Gasteiger partial charge in [0.1, 0.15) is 11.3 Å². The fourth-order valence-electron chi connectivity index (χ4n) is 2.44. The van der Waals surface area contributed by atoms with Crippen LogP contribution in [0.2, 0.25) is 0 Å². The van der Waals surface area contributed by atoms with Crippen molar-refractivity contribution in [3.8, 4) is 0 Å². The number of hydrogen-bond acceptors (Lipinski definition) is 4. The summed E-state index contributed by atoms with van der Waals surface area (Å²) in [6.07, 6.45) is -0.182. The van der Waals surface area contributed by atoms with Gasteiger partial charge in [0, 0.05) is 23.9 Å². The van der Waals surface area contributed by atoms with Crippen LogP contribution < -0.4 is 5.14 Å². The van der Waals surface area contributed by atoms with Gasteiger partial charge in [-0.05, 0) is 17.7 Å². The van der Waals surface area contributed by atoms with Gasteiger partial charge in [0.15, 0.2) is 0 Å². The maximum atomic E-state index is 12.0. The Morgan fingerprint density at radius 3 is 2.68 bits per heavy atom. The normalized spacial score (nSPS) is 20.2. The molecule has 0 aromatic heterocycles. The average Bonchev–Trinajstić information content (AvgIpc) is 2.77. The molecule has 22 heavy (non-hydrogen) atoms. The first-order valence-corrected chi connectivity index (χ1v) is 8.87. The number of benzene rings is 1. The molecular formula is C13H15BrN2O5S. The van der Waals surface area contributed by atoms with Crippen molar-refractivity contribution in [2.45, 2.75) is 24.1 Å². The highest BCUT2D eigenvalue weighted by molar-refractivity contribution is 9.10. The second kappa shape index (κ2) is 6.35. The number of halogens is 1. The van der Waals surface area contributed by atoms with E-state index in [0.29, 0.717) is 0 Å². The lowest BCUT2D eigenvalue weighted by atomic mass is 10.1. The predicted octanol–water partition coefficient (Wildman–Crippen LogP) is 0.334. The number of primary sulfonamides is 1. The Balaban J connectivity index is 2.22. The van der Waals surface area contributed by atoms with Gasteiger partial charge >= 0.3 is 5.97 Å². The van der Waals surface area contributed by atoms with Gasteiger partial charge in [0.25, 0.3) is 0 Å². The number of nitrogens with zero attached hydrogens (tertiary/aromatic N) is 1. The van der Waals surface area contributed by atoms with Crippen molar-refractivity contribution in [2.75, 3.05) is 6.54 Å². The molecule has 1 saturated heterocycles. The molecular weight excluding hydrogens is 376 g/mol. The molecule has 3 N–H and O–H groups in total. The third-order valence-corrected chi connectivity index (χ3v) is 5.31. The maximum Gasteiger partial charge on any atom is 0.326 e. The highest BCUT2D eigenvalue weighted by atomic mass is 79.9. The van der Waals surface area contributed by atoms with Crippen molar-refractivity contribution in [3.63, 3.8) is 0 Å². The number of hydrogen-bond donors (Lipinski definition) is 2. The van der Waals surface area contributed by atoms with Gasteiger partial charge in [0.05, 0.1) is 0 Å². The summed E-state index contributed by atoms with van der Waals surface area (Å²) in [6, 6.07) is 5.95. The van der Waals surface area contributed by atoms with Crippen LogP contribution in [0.5, 0.6) is 0 Å². The maximum absolute atomic E-state index is 12.0. The molecule has 1 amide bonds. The molecule has 0 spiro atoms. The molecule has 2 atom stereocenters. The van der Waals surface area contributed by atoms with E-state index >= 15 is 0 Å². The zero-order valence-electron chi connectivity index (χ0n) is 11.5. The molecule has 0 bridgehead atoms. The monoisotopic (exact) mass is 390 g/mol. The zero-order chi connectivity index (χ0) is 16.5. The number of carbonyl (C=O) groups is 2. The Morgan fingerprint density at radius 2 is 2.18 bits per heavy atom. The third kappa shape index (κ3) is 3.84. The molecule has 1 aromatic rings. The number of rotatable bonds is 5. The molecule has 1 aromatic carbocycles. The molecule has 120 valence electrons. The number of nitrogens with two attached hydrogens (primary N) is 1. The third-order valence-electron chi connectivity index (χ3n) is 3.57. The molecule has 1 heterocycles. The largest absolute Gasteiger partial charge is 0.480 e. The van der Waals surface area contributed by atoms with Crippen LogP contribution in [0.15, 0.2) is 28.7 Å². The molecule has 1 unspecified atom stereocenters. The van der Waals surface area contributed by atoms with Crippen LogP contribution in [0, 0.1) is 0 Å². The first kappa shape index (κ1) is 16.9. The lowest BCUT2D eigenvalue weighted by Crippen LogP contribution is -2.44. The van der Waals surface area contributed by atoms with Crippen LogP contribution in [0.1, 0.15) is 12.0 Å². The standard InChI is InChI=1S/C13H15BrN2O5S/c14-9-3-1-2-8(4-9)5-11(13(18)19)16-7-10(6-12(16)17)22(15,20)21/h1-4,10-11H,5-7H2,(H,18,19)(H2,15,20,21)/t10?,11-/m0/s1. The number of sulfonamides is 1. The SMILES string of the molecule is NS(=O)(=O)C1CC(=O)N([C@@H](Cc2cccc(Br)c2)C(=O)O)C1. The fraction of sp³-hybridized carbons (Fsp3) is 0.385. The van der Waals surface area contributed by atoms with Crippen LogP contribution >= 0.6 is 15.9 Å². The number of carboxylic acids is 1. The Labute approximate surface area is 136 Å². The van der Waals surface area contributed by atoms with E-state index in [0.717, 1.165) is 14.9 Å². The number of carboxylic acid groups (broad SMARTS) is 1. The molecule has 1 aliphatic rings. The van der Waals surface area contributed by atoms with Crippen LogP contribution in [-0.2, 0) is 26.0 Å². The van der Waals surface area contributed by atoms with Crippen LogP contribution in [0.25, 0.3) is 0 Å². The lowest BCUT2D eigenvalue weighted by molar-refractivity contribution is -0.148. The van der Waals surface area contributed by atoms with Crippen molar-refractivity contribution in [1.29, 1.82) is 0 Å². The first-order chi connectivity index (χ1) is 10.2. The quantitative estimate of drug-likeness (QED) is 0.750. The number of aliphatic carboxylic acids is 1. The Hall–Kier alpha value is -1.45. The average molecular weight is 391 g/mol. The number of likely N-dealkylation sites (tertiary alicyclic amines) is 1. The van der Waals surface area contributed by atoms with E-state index < -0.39 is 33.2 Å². The first-order valence-electron chi connectivity index (χ1n) is 6.47. The number of amides is 1. The van der Waals surface area contributed by atoms with Gasteiger partial charge in [-0.1, -0.05) is 28.1 Å². The van der Waals surface area contributed by atoms with E-state index in [4.69, 9.17) is 5.14 Å². The Kier molecular flexibility index (Phi) is 4.88. The summed E-state index contributed by atoms with van der Waals surface area (Å²) >= 11 is 3.30. The number of carbonyl (C=O) groups excluding carboxylic acids is 1. The van der Waals surface area contributed by atoms with E-state index in [9.17, 15) is 23.1 Å². The summed E-state index contributed by atoms with van der Waals surface area (Å²) in [7, 11) is -3.87. The summed E-state index contributed by atoms with van der Waals surface area (Å²) in [6.45, 7) is -0.192. The van der Waals surface area contributed by atoms with Gasteiger partial charge in [-0.3, -0.25) is 4.79 Å². The summed E-state index contributed by atoms with van der Waals surface area (Å²) in [4.78, 5) is 24.5. The molecule has 0 saturated carbocycles. The van der Waals surface area contributed by atoms with E-state index in [1.807, 2.05) is 0 Å². The van der Waals surface area contributed by atoms with Gasteiger partial charge in [-0.15, -0.1) is 0 Å². The van der Waals surface area contributed by atoms with Crippen molar-refractivity contribution >= 4 is 37.8 Å². The van der Waals surface area contributed by atoms with Gasteiger partial charge in [-0.2, -0.15) is 0 Å². The molecule has 9 heteroatoms. The zero-order valence-corrected chi connectivity index (χ0v) is 13.9. The molecule has 7 nitrogen and oxygen atoms in total. The topological polar surface area (TPSA) is 118 Å². The van der Waals surface area contributed by atoms with Crippen molar-refractivity contribution < 1.29 is 23.1 Å². The smallest absolute Gasteiger partial charge is 0.326 e.